The molecule has 0 unspecified atom stereocenters. The highest BCUT2D eigenvalue weighted by Crippen LogP contribution is 2.50. The van der Waals surface area contributed by atoms with Crippen LogP contribution in [-0.2, 0) is 10.2 Å². The van der Waals surface area contributed by atoms with Crippen LogP contribution in [0.25, 0.3) is 22.0 Å². The summed E-state index contributed by atoms with van der Waals surface area (Å²) in [6, 6.07) is 21.9. The molecule has 1 fully saturated rings. The Morgan fingerprint density at radius 3 is 2.41 bits per heavy atom. The Kier molecular flexibility index (Phi) is 4.17. The van der Waals surface area contributed by atoms with Gasteiger partial charge >= 0.3 is 0 Å². The third-order valence-electron chi connectivity index (χ3n) is 6.71. The van der Waals surface area contributed by atoms with Gasteiger partial charge in [-0.3, -0.25) is 9.78 Å². The van der Waals surface area contributed by atoms with E-state index in [9.17, 15) is 9.18 Å². The highest BCUT2D eigenvalue weighted by molar-refractivity contribution is 9.10. The van der Waals surface area contributed by atoms with Crippen LogP contribution in [0.1, 0.15) is 5.56 Å². The van der Waals surface area contributed by atoms with E-state index in [0.29, 0.717) is 23.1 Å². The van der Waals surface area contributed by atoms with Crippen molar-refractivity contribution in [2.45, 2.75) is 5.41 Å². The first-order chi connectivity index (χ1) is 15.5. The molecule has 158 valence electrons. The number of benzene rings is 3. The van der Waals surface area contributed by atoms with Crippen LogP contribution in [0.15, 0.2) is 77.4 Å². The number of hydrogen-bond donors (Lipinski definition) is 0. The Balaban J connectivity index is 1.37. The number of amides is 1. The highest BCUT2D eigenvalue weighted by Gasteiger charge is 2.58. The Morgan fingerprint density at radius 1 is 1.00 bits per heavy atom. The van der Waals surface area contributed by atoms with E-state index in [1.165, 1.54) is 11.6 Å². The second-order valence-electron chi connectivity index (χ2n) is 8.52. The normalized spacial score (nSPS) is 16.5. The largest absolute Gasteiger partial charge is 0.369 e. The van der Waals surface area contributed by atoms with E-state index in [1.807, 2.05) is 18.2 Å². The average Bonchev–Trinajstić information content (AvgIpc) is 3.02. The molecule has 4 nitrogen and oxygen atoms in total. The van der Waals surface area contributed by atoms with Gasteiger partial charge in [0, 0.05) is 42.8 Å². The van der Waals surface area contributed by atoms with Gasteiger partial charge in [0.15, 0.2) is 0 Å². The van der Waals surface area contributed by atoms with Crippen molar-refractivity contribution >= 4 is 44.1 Å². The molecule has 2 aliphatic heterocycles. The summed E-state index contributed by atoms with van der Waals surface area (Å²) in [4.78, 5) is 21.7. The third-order valence-corrected chi connectivity index (χ3v) is 7.31. The number of hydrogen-bond acceptors (Lipinski definition) is 3. The first-order valence-corrected chi connectivity index (χ1v) is 11.2. The van der Waals surface area contributed by atoms with Crippen molar-refractivity contribution in [2.75, 3.05) is 29.9 Å². The number of aromatic nitrogens is 1. The van der Waals surface area contributed by atoms with Gasteiger partial charge in [0.05, 0.1) is 21.9 Å². The zero-order valence-corrected chi connectivity index (χ0v) is 18.9. The van der Waals surface area contributed by atoms with Crippen LogP contribution >= 0.6 is 15.9 Å². The fraction of sp³-hybridized carbons (Fsp3) is 0.154. The Morgan fingerprint density at radius 2 is 1.69 bits per heavy atom. The number of nitrogens with zero attached hydrogens (tertiary/aromatic N) is 3. The summed E-state index contributed by atoms with van der Waals surface area (Å²) in [5, 5.41) is 0.826. The maximum atomic E-state index is 14.1. The van der Waals surface area contributed by atoms with Crippen molar-refractivity contribution in [1.82, 2.24) is 4.98 Å². The van der Waals surface area contributed by atoms with Crippen molar-refractivity contribution in [2.24, 2.45) is 0 Å². The van der Waals surface area contributed by atoms with Crippen LogP contribution in [0.2, 0.25) is 0 Å². The number of carbonyl (C=O) groups excluding carboxylic acids is 1. The van der Waals surface area contributed by atoms with E-state index in [1.54, 1.807) is 24.2 Å². The zero-order valence-electron chi connectivity index (χ0n) is 17.3. The maximum absolute atomic E-state index is 14.1. The lowest BCUT2D eigenvalue weighted by molar-refractivity contribution is -0.123. The molecule has 1 amide bonds. The predicted molar refractivity (Wildman–Crippen MR) is 129 cm³/mol. The van der Waals surface area contributed by atoms with Gasteiger partial charge in [-0.25, -0.2) is 4.39 Å². The molecule has 4 aromatic rings. The zero-order chi connectivity index (χ0) is 22.0. The number of anilines is 2. The van der Waals surface area contributed by atoms with Crippen LogP contribution in [0.3, 0.4) is 0 Å². The second-order valence-corrected chi connectivity index (χ2v) is 9.37. The molecule has 0 N–H and O–H groups in total. The second kappa shape index (κ2) is 6.87. The Hall–Kier alpha value is -3.25. The fourth-order valence-corrected chi connectivity index (χ4v) is 5.39. The van der Waals surface area contributed by atoms with E-state index in [2.05, 4.69) is 62.2 Å². The van der Waals surface area contributed by atoms with Crippen LogP contribution in [0.5, 0.6) is 0 Å². The number of likely N-dealkylation sites (N-methyl/N-ethyl adjacent to an activating group) is 1. The van der Waals surface area contributed by atoms with E-state index in [4.69, 9.17) is 0 Å². The van der Waals surface area contributed by atoms with Gasteiger partial charge in [-0.2, -0.15) is 0 Å². The molecule has 3 aromatic carbocycles. The molecular formula is C26H19BrFN3O. The van der Waals surface area contributed by atoms with Gasteiger partial charge in [0.1, 0.15) is 11.2 Å². The standard InChI is InChI=1S/C26H19BrFN3O/c1-30-23-13-29-22-12-21(28)20(27)11-19(22)24(23)26(25(30)32)14-31(15-26)18-9-7-17(8-10-18)16-5-3-2-4-6-16/h2-13H,14-15H2,1H3. The summed E-state index contributed by atoms with van der Waals surface area (Å²) < 4.78 is 14.5. The lowest BCUT2D eigenvalue weighted by Gasteiger charge is -2.48. The minimum atomic E-state index is -0.638. The van der Waals surface area contributed by atoms with Gasteiger partial charge in [0.2, 0.25) is 5.91 Å². The number of rotatable bonds is 2. The van der Waals surface area contributed by atoms with E-state index >= 15 is 0 Å². The number of pyridine rings is 1. The van der Waals surface area contributed by atoms with Gasteiger partial charge in [0.25, 0.3) is 0 Å². The lowest BCUT2D eigenvalue weighted by atomic mass is 9.73. The number of fused-ring (bicyclic) bond motifs is 4. The first kappa shape index (κ1) is 19.4. The monoisotopic (exact) mass is 487 g/mol. The fourth-order valence-electron chi connectivity index (χ4n) is 5.05. The molecule has 2 aliphatic rings. The quantitative estimate of drug-likeness (QED) is 0.372. The van der Waals surface area contributed by atoms with E-state index in [-0.39, 0.29) is 11.7 Å². The summed E-state index contributed by atoms with van der Waals surface area (Å²) in [5.41, 5.74) is 5.11. The molecule has 6 rings (SSSR count). The van der Waals surface area contributed by atoms with E-state index < -0.39 is 5.41 Å². The highest BCUT2D eigenvalue weighted by atomic mass is 79.9. The van der Waals surface area contributed by atoms with Crippen molar-refractivity contribution in [3.8, 4) is 11.1 Å². The molecule has 0 radical (unpaired) electrons. The summed E-state index contributed by atoms with van der Waals surface area (Å²) in [6.07, 6.45) is 1.69. The Bertz CT molecular complexity index is 1380. The summed E-state index contributed by atoms with van der Waals surface area (Å²) in [5.74, 6) is -0.287. The molecule has 32 heavy (non-hydrogen) atoms. The SMILES string of the molecule is CN1C(=O)C2(CN(c3ccc(-c4ccccc4)cc3)C2)c2c1cnc1cc(F)c(Br)cc21. The van der Waals surface area contributed by atoms with Crippen LogP contribution in [-0.4, -0.2) is 31.0 Å². The molecular weight excluding hydrogens is 469 g/mol. The van der Waals surface area contributed by atoms with E-state index in [0.717, 1.165) is 27.9 Å². The van der Waals surface area contributed by atoms with Crippen molar-refractivity contribution < 1.29 is 9.18 Å². The third kappa shape index (κ3) is 2.65. The van der Waals surface area contributed by atoms with Crippen molar-refractivity contribution in [3.63, 3.8) is 0 Å². The molecule has 1 spiro atoms. The molecule has 0 bridgehead atoms. The summed E-state index contributed by atoms with van der Waals surface area (Å²) in [7, 11) is 1.79. The number of carbonyl (C=O) groups is 1. The van der Waals surface area contributed by atoms with Gasteiger partial charge < -0.3 is 9.80 Å². The minimum Gasteiger partial charge on any atom is -0.369 e. The molecule has 3 heterocycles. The van der Waals surface area contributed by atoms with Crippen molar-refractivity contribution in [1.29, 1.82) is 0 Å². The smallest absolute Gasteiger partial charge is 0.241 e. The predicted octanol–water partition coefficient (Wildman–Crippen LogP) is 5.54. The topological polar surface area (TPSA) is 36.4 Å². The molecule has 1 saturated heterocycles. The molecule has 0 atom stereocenters. The molecule has 0 saturated carbocycles. The maximum Gasteiger partial charge on any atom is 0.241 e. The first-order valence-electron chi connectivity index (χ1n) is 10.4. The Labute approximate surface area is 193 Å². The molecule has 6 heteroatoms. The van der Waals surface area contributed by atoms with Gasteiger partial charge in [-0.15, -0.1) is 0 Å². The number of halogens is 2. The molecule has 1 aromatic heterocycles. The van der Waals surface area contributed by atoms with Crippen molar-refractivity contribution in [3.05, 3.63) is 88.8 Å². The molecule has 0 aliphatic carbocycles. The van der Waals surface area contributed by atoms with Gasteiger partial charge in [-0.1, -0.05) is 42.5 Å². The summed E-state index contributed by atoms with van der Waals surface area (Å²) in [6.45, 7) is 1.17. The van der Waals surface area contributed by atoms with Crippen LogP contribution in [0, 0.1) is 5.82 Å². The van der Waals surface area contributed by atoms with Crippen LogP contribution < -0.4 is 9.80 Å². The minimum absolute atomic E-state index is 0.0689. The van der Waals surface area contributed by atoms with Gasteiger partial charge in [-0.05, 0) is 45.3 Å². The van der Waals surface area contributed by atoms with Crippen LogP contribution in [0.4, 0.5) is 15.8 Å². The summed E-state index contributed by atoms with van der Waals surface area (Å²) >= 11 is 3.30. The average molecular weight is 488 g/mol. The lowest BCUT2D eigenvalue weighted by Crippen LogP contribution is -2.64.